The fourth-order valence-electron chi connectivity index (χ4n) is 2.61. The van der Waals surface area contributed by atoms with Crippen molar-refractivity contribution in [3.05, 3.63) is 23.8 Å². The summed E-state index contributed by atoms with van der Waals surface area (Å²) in [6.45, 7) is 4.68. The van der Waals surface area contributed by atoms with Gasteiger partial charge in [0.05, 0.1) is 0 Å². The van der Waals surface area contributed by atoms with Crippen LogP contribution >= 0.6 is 0 Å². The highest BCUT2D eigenvalue weighted by Gasteiger charge is 2.21. The summed E-state index contributed by atoms with van der Waals surface area (Å²) in [6, 6.07) is 5.45. The van der Waals surface area contributed by atoms with Crippen molar-refractivity contribution in [2.24, 2.45) is 0 Å². The number of carbonyl (C=O) groups is 1. The number of benzene rings is 1. The molecule has 20 heavy (non-hydrogen) atoms. The second-order valence-electron chi connectivity index (χ2n) is 5.31. The highest BCUT2D eigenvalue weighted by Crippen LogP contribution is 2.31. The largest absolute Gasteiger partial charge is 0.486 e. The van der Waals surface area contributed by atoms with Crippen molar-refractivity contribution >= 4 is 5.91 Å². The van der Waals surface area contributed by atoms with Crippen molar-refractivity contribution in [1.29, 1.82) is 0 Å². The third kappa shape index (κ3) is 2.72. The summed E-state index contributed by atoms with van der Waals surface area (Å²) in [5.74, 6) is 1.48. The van der Waals surface area contributed by atoms with Gasteiger partial charge in [-0.25, -0.2) is 0 Å². The standard InChI is InChI=1S/C15H20N2O3/c1-16-5-2-6-17(8-7-16)15(18)12-3-4-13-14(11-12)20-10-9-19-13/h3-4,11H,2,5-10H2,1H3. The maximum atomic E-state index is 12.6. The van der Waals surface area contributed by atoms with E-state index in [1.165, 1.54) is 0 Å². The van der Waals surface area contributed by atoms with Crippen molar-refractivity contribution in [1.82, 2.24) is 9.80 Å². The van der Waals surface area contributed by atoms with Gasteiger partial charge in [-0.2, -0.15) is 0 Å². The van der Waals surface area contributed by atoms with E-state index >= 15 is 0 Å². The van der Waals surface area contributed by atoms with Gasteiger partial charge in [0.25, 0.3) is 5.91 Å². The molecule has 0 aromatic heterocycles. The topological polar surface area (TPSA) is 42.0 Å². The van der Waals surface area contributed by atoms with Crippen LogP contribution in [0.1, 0.15) is 16.8 Å². The lowest BCUT2D eigenvalue weighted by atomic mass is 10.1. The molecule has 1 aromatic rings. The molecule has 2 heterocycles. The number of hydrogen-bond donors (Lipinski definition) is 0. The number of fused-ring (bicyclic) bond motifs is 1. The summed E-state index contributed by atoms with van der Waals surface area (Å²) in [6.07, 6.45) is 1.02. The Morgan fingerprint density at radius 1 is 1.05 bits per heavy atom. The molecule has 0 radical (unpaired) electrons. The van der Waals surface area contributed by atoms with Crippen molar-refractivity contribution in [3.63, 3.8) is 0 Å². The van der Waals surface area contributed by atoms with Crippen LogP contribution in [-0.2, 0) is 0 Å². The third-order valence-electron chi connectivity index (χ3n) is 3.80. The first-order chi connectivity index (χ1) is 9.74. The molecule has 0 bridgehead atoms. The molecule has 0 aliphatic carbocycles. The zero-order valence-corrected chi connectivity index (χ0v) is 11.8. The molecule has 5 heteroatoms. The average molecular weight is 276 g/mol. The quantitative estimate of drug-likeness (QED) is 0.774. The SMILES string of the molecule is CN1CCCN(C(=O)c2ccc3c(c2)OCCO3)CC1. The molecule has 1 aromatic carbocycles. The second kappa shape index (κ2) is 5.71. The van der Waals surface area contributed by atoms with Crippen molar-refractivity contribution in [2.75, 3.05) is 46.4 Å². The molecule has 1 fully saturated rings. The lowest BCUT2D eigenvalue weighted by molar-refractivity contribution is 0.0761. The molecule has 0 unspecified atom stereocenters. The lowest BCUT2D eigenvalue weighted by Crippen LogP contribution is -2.34. The molecule has 3 rings (SSSR count). The fourth-order valence-corrected chi connectivity index (χ4v) is 2.61. The van der Waals surface area contributed by atoms with E-state index in [4.69, 9.17) is 9.47 Å². The number of ether oxygens (including phenoxy) is 2. The van der Waals surface area contributed by atoms with E-state index in [0.717, 1.165) is 38.3 Å². The van der Waals surface area contributed by atoms with Crippen LogP contribution in [0, 0.1) is 0 Å². The number of rotatable bonds is 1. The number of amides is 1. The second-order valence-corrected chi connectivity index (χ2v) is 5.31. The molecule has 0 N–H and O–H groups in total. The molecular formula is C15H20N2O3. The van der Waals surface area contributed by atoms with Gasteiger partial charge in [0.15, 0.2) is 11.5 Å². The number of carbonyl (C=O) groups excluding carboxylic acids is 1. The number of hydrogen-bond acceptors (Lipinski definition) is 4. The van der Waals surface area contributed by atoms with Gasteiger partial charge in [-0.3, -0.25) is 4.79 Å². The molecule has 0 saturated carbocycles. The minimum absolute atomic E-state index is 0.0808. The predicted molar refractivity (Wildman–Crippen MR) is 75.4 cm³/mol. The van der Waals surface area contributed by atoms with Gasteiger partial charge in [-0.1, -0.05) is 0 Å². The first kappa shape index (κ1) is 13.2. The first-order valence-corrected chi connectivity index (χ1v) is 7.11. The van der Waals surface area contributed by atoms with Crippen LogP contribution in [0.15, 0.2) is 18.2 Å². The molecular weight excluding hydrogens is 256 g/mol. The highest BCUT2D eigenvalue weighted by molar-refractivity contribution is 5.95. The maximum Gasteiger partial charge on any atom is 0.254 e. The van der Waals surface area contributed by atoms with Crippen LogP contribution in [0.25, 0.3) is 0 Å². The Bertz CT molecular complexity index is 504. The minimum Gasteiger partial charge on any atom is -0.486 e. The van der Waals surface area contributed by atoms with Gasteiger partial charge in [-0.15, -0.1) is 0 Å². The van der Waals surface area contributed by atoms with Gasteiger partial charge in [-0.05, 0) is 38.2 Å². The van der Waals surface area contributed by atoms with Crippen LogP contribution < -0.4 is 9.47 Å². The average Bonchev–Trinajstić information content (AvgIpc) is 2.71. The smallest absolute Gasteiger partial charge is 0.254 e. The Morgan fingerprint density at radius 2 is 1.85 bits per heavy atom. The maximum absolute atomic E-state index is 12.6. The number of likely N-dealkylation sites (N-methyl/N-ethyl adjacent to an activating group) is 1. The van der Waals surface area contributed by atoms with Crippen LogP contribution in [0.2, 0.25) is 0 Å². The molecule has 108 valence electrons. The zero-order chi connectivity index (χ0) is 13.9. The fraction of sp³-hybridized carbons (Fsp3) is 0.533. The van der Waals surface area contributed by atoms with Gasteiger partial charge < -0.3 is 19.3 Å². The van der Waals surface area contributed by atoms with Crippen LogP contribution in [0.4, 0.5) is 0 Å². The Labute approximate surface area is 119 Å². The van der Waals surface area contributed by atoms with Crippen LogP contribution in [0.3, 0.4) is 0 Å². The van der Waals surface area contributed by atoms with E-state index < -0.39 is 0 Å². The highest BCUT2D eigenvalue weighted by atomic mass is 16.6. The van der Waals surface area contributed by atoms with Crippen molar-refractivity contribution in [3.8, 4) is 11.5 Å². The van der Waals surface area contributed by atoms with E-state index in [-0.39, 0.29) is 5.91 Å². The van der Waals surface area contributed by atoms with Gasteiger partial charge >= 0.3 is 0 Å². The predicted octanol–water partition coefficient (Wildman–Crippen LogP) is 1.24. The van der Waals surface area contributed by atoms with Gasteiger partial charge in [0.1, 0.15) is 13.2 Å². The molecule has 2 aliphatic heterocycles. The molecule has 0 atom stereocenters. The van der Waals surface area contributed by atoms with Crippen molar-refractivity contribution in [2.45, 2.75) is 6.42 Å². The monoisotopic (exact) mass is 276 g/mol. The van der Waals surface area contributed by atoms with Gasteiger partial charge in [0.2, 0.25) is 0 Å². The summed E-state index contributed by atoms with van der Waals surface area (Å²) in [7, 11) is 2.10. The Kier molecular flexibility index (Phi) is 3.78. The van der Waals surface area contributed by atoms with E-state index in [9.17, 15) is 4.79 Å². The van der Waals surface area contributed by atoms with E-state index in [0.29, 0.717) is 24.5 Å². The summed E-state index contributed by atoms with van der Waals surface area (Å²) < 4.78 is 11.0. The van der Waals surface area contributed by atoms with E-state index in [2.05, 4.69) is 11.9 Å². The summed E-state index contributed by atoms with van der Waals surface area (Å²) in [5, 5.41) is 0. The lowest BCUT2D eigenvalue weighted by Gasteiger charge is -2.22. The van der Waals surface area contributed by atoms with Crippen LogP contribution in [-0.4, -0.2) is 62.1 Å². The zero-order valence-electron chi connectivity index (χ0n) is 11.8. The Balaban J connectivity index is 1.76. The molecule has 2 aliphatic rings. The first-order valence-electron chi connectivity index (χ1n) is 7.11. The molecule has 0 spiro atoms. The Morgan fingerprint density at radius 3 is 2.70 bits per heavy atom. The number of nitrogens with zero attached hydrogens (tertiary/aromatic N) is 2. The summed E-state index contributed by atoms with van der Waals surface area (Å²) in [5.41, 5.74) is 0.679. The molecule has 1 amide bonds. The van der Waals surface area contributed by atoms with Crippen molar-refractivity contribution < 1.29 is 14.3 Å². The molecule has 5 nitrogen and oxygen atoms in total. The Hall–Kier alpha value is -1.75. The normalized spacial score (nSPS) is 19.6. The summed E-state index contributed by atoms with van der Waals surface area (Å²) in [4.78, 5) is 16.7. The minimum atomic E-state index is 0.0808. The molecule has 1 saturated heterocycles. The third-order valence-corrected chi connectivity index (χ3v) is 3.80. The van der Waals surface area contributed by atoms with Crippen LogP contribution in [0.5, 0.6) is 11.5 Å². The summed E-state index contributed by atoms with van der Waals surface area (Å²) >= 11 is 0. The van der Waals surface area contributed by atoms with E-state index in [1.807, 2.05) is 17.0 Å². The van der Waals surface area contributed by atoms with E-state index in [1.54, 1.807) is 6.07 Å². The van der Waals surface area contributed by atoms with Gasteiger partial charge in [0, 0.05) is 25.2 Å².